The molecular formula is C16H22O3. The van der Waals surface area contributed by atoms with Gasteiger partial charge in [-0.15, -0.1) is 0 Å². The Morgan fingerprint density at radius 2 is 1.74 bits per heavy atom. The number of ether oxygens (including phenoxy) is 1. The summed E-state index contributed by atoms with van der Waals surface area (Å²) in [6.07, 6.45) is 2.50. The van der Waals surface area contributed by atoms with Crippen LogP contribution in [-0.2, 0) is 14.9 Å². The highest BCUT2D eigenvalue weighted by molar-refractivity contribution is 5.96. The van der Waals surface area contributed by atoms with Gasteiger partial charge in [-0.25, -0.2) is 0 Å². The number of carbonyl (C=O) groups is 2. The third-order valence-corrected chi connectivity index (χ3v) is 3.38. The quantitative estimate of drug-likeness (QED) is 0.582. The molecule has 104 valence electrons. The van der Waals surface area contributed by atoms with Crippen LogP contribution in [0, 0.1) is 0 Å². The number of ketones is 1. The molecule has 19 heavy (non-hydrogen) atoms. The van der Waals surface area contributed by atoms with E-state index < -0.39 is 5.41 Å². The van der Waals surface area contributed by atoms with Crippen molar-refractivity contribution >= 4 is 11.8 Å². The maximum Gasteiger partial charge on any atom is 0.315 e. The predicted octanol–water partition coefficient (Wildman–Crippen LogP) is 3.51. The maximum absolute atomic E-state index is 11.9. The summed E-state index contributed by atoms with van der Waals surface area (Å²) in [7, 11) is 1.38. The second-order valence-electron chi connectivity index (χ2n) is 5.22. The van der Waals surface area contributed by atoms with Crippen LogP contribution >= 0.6 is 0 Å². The summed E-state index contributed by atoms with van der Waals surface area (Å²) in [5.74, 6) is -0.123. The number of esters is 1. The Morgan fingerprint density at radius 3 is 2.21 bits per heavy atom. The lowest BCUT2D eigenvalue weighted by atomic mass is 9.84. The molecule has 0 saturated heterocycles. The third kappa shape index (κ3) is 3.66. The Bertz CT molecular complexity index is 444. The molecule has 0 radical (unpaired) electrons. The maximum atomic E-state index is 11.9. The van der Waals surface area contributed by atoms with Crippen LogP contribution in [0.2, 0.25) is 0 Å². The Labute approximate surface area is 115 Å². The number of hydrogen-bond acceptors (Lipinski definition) is 3. The molecule has 1 rings (SSSR count). The summed E-state index contributed by atoms with van der Waals surface area (Å²) in [4.78, 5) is 23.6. The van der Waals surface area contributed by atoms with Crippen LogP contribution in [0.5, 0.6) is 0 Å². The number of Topliss-reactive ketones (excluding diaryl/α,β-unsaturated/α-hetero) is 1. The van der Waals surface area contributed by atoms with Crippen LogP contribution in [-0.4, -0.2) is 18.9 Å². The number of unbranched alkanes of at least 4 members (excludes halogenated alkanes) is 1. The fourth-order valence-electron chi connectivity index (χ4n) is 1.93. The molecule has 0 atom stereocenters. The highest BCUT2D eigenvalue weighted by Crippen LogP contribution is 2.25. The molecule has 1 aromatic rings. The lowest BCUT2D eigenvalue weighted by molar-refractivity contribution is -0.146. The molecule has 0 aliphatic carbocycles. The van der Waals surface area contributed by atoms with Crippen molar-refractivity contribution in [1.29, 1.82) is 0 Å². The summed E-state index contributed by atoms with van der Waals surface area (Å²) < 4.78 is 4.79. The second-order valence-corrected chi connectivity index (χ2v) is 5.22. The van der Waals surface area contributed by atoms with E-state index in [1.165, 1.54) is 7.11 Å². The number of rotatable bonds is 6. The van der Waals surface area contributed by atoms with Crippen LogP contribution in [0.25, 0.3) is 0 Å². The van der Waals surface area contributed by atoms with Crippen molar-refractivity contribution in [3.8, 4) is 0 Å². The monoisotopic (exact) mass is 262 g/mol. The molecule has 0 unspecified atom stereocenters. The molecule has 0 aliphatic rings. The first kappa shape index (κ1) is 15.4. The van der Waals surface area contributed by atoms with Crippen LogP contribution in [0.1, 0.15) is 56.0 Å². The standard InChI is InChI=1S/C16H22O3/c1-5-6-7-14(17)12-8-10-13(11-9-12)16(2,3)15(18)19-4/h8-11H,5-7H2,1-4H3. The van der Waals surface area contributed by atoms with Gasteiger partial charge in [-0.3, -0.25) is 9.59 Å². The van der Waals surface area contributed by atoms with Crippen LogP contribution in [0.15, 0.2) is 24.3 Å². The minimum absolute atomic E-state index is 0.157. The van der Waals surface area contributed by atoms with E-state index >= 15 is 0 Å². The third-order valence-electron chi connectivity index (χ3n) is 3.38. The van der Waals surface area contributed by atoms with E-state index in [0.29, 0.717) is 12.0 Å². The van der Waals surface area contributed by atoms with Gasteiger partial charge < -0.3 is 4.74 Å². The Morgan fingerprint density at radius 1 is 1.16 bits per heavy atom. The first-order valence-corrected chi connectivity index (χ1v) is 6.65. The van der Waals surface area contributed by atoms with Gasteiger partial charge in [0.05, 0.1) is 12.5 Å². The normalized spacial score (nSPS) is 11.2. The van der Waals surface area contributed by atoms with E-state index in [4.69, 9.17) is 4.74 Å². The van der Waals surface area contributed by atoms with Crippen molar-refractivity contribution in [2.45, 2.75) is 45.4 Å². The van der Waals surface area contributed by atoms with E-state index in [1.807, 2.05) is 26.0 Å². The zero-order chi connectivity index (χ0) is 14.5. The van der Waals surface area contributed by atoms with Gasteiger partial charge in [0.2, 0.25) is 0 Å². The van der Waals surface area contributed by atoms with Gasteiger partial charge in [0.25, 0.3) is 0 Å². The Kier molecular flexibility index (Phi) is 5.28. The van der Waals surface area contributed by atoms with Gasteiger partial charge in [-0.2, -0.15) is 0 Å². The van der Waals surface area contributed by atoms with Crippen molar-refractivity contribution < 1.29 is 14.3 Å². The molecule has 0 amide bonds. The van der Waals surface area contributed by atoms with Crippen molar-refractivity contribution in [2.24, 2.45) is 0 Å². The second kappa shape index (κ2) is 6.50. The Hall–Kier alpha value is -1.64. The largest absolute Gasteiger partial charge is 0.468 e. The zero-order valence-corrected chi connectivity index (χ0v) is 12.2. The molecule has 3 heteroatoms. The van der Waals surface area contributed by atoms with Crippen molar-refractivity contribution in [1.82, 2.24) is 0 Å². The number of carbonyl (C=O) groups excluding carboxylic acids is 2. The first-order valence-electron chi connectivity index (χ1n) is 6.65. The molecular weight excluding hydrogens is 240 g/mol. The van der Waals surface area contributed by atoms with Crippen LogP contribution < -0.4 is 0 Å². The van der Waals surface area contributed by atoms with E-state index in [9.17, 15) is 9.59 Å². The molecule has 0 aliphatic heterocycles. The molecule has 0 spiro atoms. The number of benzene rings is 1. The van der Waals surface area contributed by atoms with Crippen LogP contribution in [0.3, 0.4) is 0 Å². The smallest absolute Gasteiger partial charge is 0.315 e. The average Bonchev–Trinajstić information content (AvgIpc) is 2.43. The molecule has 0 heterocycles. The lowest BCUT2D eigenvalue weighted by Gasteiger charge is -2.22. The van der Waals surface area contributed by atoms with Gasteiger partial charge in [0.1, 0.15) is 0 Å². The van der Waals surface area contributed by atoms with E-state index in [1.54, 1.807) is 12.1 Å². The summed E-state index contributed by atoms with van der Waals surface area (Å²) in [5, 5.41) is 0. The van der Waals surface area contributed by atoms with Gasteiger partial charge in [-0.1, -0.05) is 37.6 Å². The molecule has 3 nitrogen and oxygen atoms in total. The molecule has 1 aromatic carbocycles. The van der Waals surface area contributed by atoms with Crippen molar-refractivity contribution in [2.75, 3.05) is 7.11 Å². The molecule has 0 N–H and O–H groups in total. The minimum atomic E-state index is -0.695. The summed E-state index contributed by atoms with van der Waals surface area (Å²) in [6, 6.07) is 7.24. The van der Waals surface area contributed by atoms with Gasteiger partial charge in [-0.05, 0) is 25.8 Å². The molecule has 0 fully saturated rings. The van der Waals surface area contributed by atoms with Gasteiger partial charge in [0.15, 0.2) is 5.78 Å². The molecule has 0 aromatic heterocycles. The highest BCUT2D eigenvalue weighted by atomic mass is 16.5. The zero-order valence-electron chi connectivity index (χ0n) is 12.2. The fourth-order valence-corrected chi connectivity index (χ4v) is 1.93. The van der Waals surface area contributed by atoms with Gasteiger partial charge >= 0.3 is 5.97 Å². The van der Waals surface area contributed by atoms with E-state index in [0.717, 1.165) is 18.4 Å². The van der Waals surface area contributed by atoms with Crippen molar-refractivity contribution in [3.05, 3.63) is 35.4 Å². The summed E-state index contributed by atoms with van der Waals surface area (Å²) in [5.41, 5.74) is 0.865. The fraction of sp³-hybridized carbons (Fsp3) is 0.500. The summed E-state index contributed by atoms with van der Waals surface area (Å²) in [6.45, 7) is 5.69. The number of methoxy groups -OCH3 is 1. The average molecular weight is 262 g/mol. The SMILES string of the molecule is CCCCC(=O)c1ccc(C(C)(C)C(=O)OC)cc1. The van der Waals surface area contributed by atoms with E-state index in [2.05, 4.69) is 6.92 Å². The van der Waals surface area contributed by atoms with Crippen molar-refractivity contribution in [3.63, 3.8) is 0 Å². The lowest BCUT2D eigenvalue weighted by Crippen LogP contribution is -2.30. The highest BCUT2D eigenvalue weighted by Gasteiger charge is 2.30. The topological polar surface area (TPSA) is 43.4 Å². The molecule has 0 saturated carbocycles. The number of hydrogen-bond donors (Lipinski definition) is 0. The van der Waals surface area contributed by atoms with E-state index in [-0.39, 0.29) is 11.8 Å². The Balaban J connectivity index is 2.87. The first-order chi connectivity index (χ1) is 8.93. The van der Waals surface area contributed by atoms with Crippen LogP contribution in [0.4, 0.5) is 0 Å². The predicted molar refractivity (Wildman–Crippen MR) is 75.3 cm³/mol. The molecule has 0 bridgehead atoms. The summed E-state index contributed by atoms with van der Waals surface area (Å²) >= 11 is 0. The van der Waals surface area contributed by atoms with Gasteiger partial charge in [0, 0.05) is 12.0 Å². The minimum Gasteiger partial charge on any atom is -0.468 e.